The van der Waals surface area contributed by atoms with Gasteiger partial charge >= 0.3 is 5.97 Å². The summed E-state index contributed by atoms with van der Waals surface area (Å²) in [5.41, 5.74) is 1.16. The van der Waals surface area contributed by atoms with Crippen LogP contribution >= 0.6 is 0 Å². The Morgan fingerprint density at radius 2 is 2.00 bits per heavy atom. The maximum Gasteiger partial charge on any atom is 0.337 e. The molecule has 1 saturated heterocycles. The smallest absolute Gasteiger partial charge is 0.337 e. The third-order valence-corrected chi connectivity index (χ3v) is 3.38. The molecule has 2 rings (SSSR count). The van der Waals surface area contributed by atoms with Gasteiger partial charge in [0.15, 0.2) is 0 Å². The van der Waals surface area contributed by atoms with Crippen LogP contribution in [0.1, 0.15) is 48.7 Å². The van der Waals surface area contributed by atoms with Crippen LogP contribution in [0.2, 0.25) is 0 Å². The van der Waals surface area contributed by atoms with E-state index < -0.39 is 0 Å². The van der Waals surface area contributed by atoms with E-state index in [2.05, 4.69) is 4.74 Å². The first-order chi connectivity index (χ1) is 8.91. The van der Waals surface area contributed by atoms with E-state index in [0.29, 0.717) is 18.4 Å². The molecule has 4 heteroatoms. The highest BCUT2D eigenvalue weighted by Gasteiger charge is 2.34. The van der Waals surface area contributed by atoms with Crippen molar-refractivity contribution < 1.29 is 19.4 Å². The Morgan fingerprint density at radius 3 is 2.53 bits per heavy atom. The lowest BCUT2D eigenvalue weighted by atomic mass is 9.90. The van der Waals surface area contributed by atoms with E-state index in [-0.39, 0.29) is 23.8 Å². The lowest BCUT2D eigenvalue weighted by Gasteiger charge is -2.39. The molecule has 0 amide bonds. The van der Waals surface area contributed by atoms with Crippen LogP contribution in [-0.4, -0.2) is 29.9 Å². The SMILES string of the molecule is COC(=O)c1ccc([C@H]2C[C@H](O)CC(C)(C)O2)cc1. The van der Waals surface area contributed by atoms with Gasteiger partial charge in [0.25, 0.3) is 0 Å². The number of hydrogen-bond acceptors (Lipinski definition) is 4. The van der Waals surface area contributed by atoms with Crippen molar-refractivity contribution in [2.24, 2.45) is 0 Å². The van der Waals surface area contributed by atoms with Crippen LogP contribution < -0.4 is 0 Å². The third-order valence-electron chi connectivity index (χ3n) is 3.38. The summed E-state index contributed by atoms with van der Waals surface area (Å²) in [5, 5.41) is 9.90. The Kier molecular flexibility index (Phi) is 3.92. The molecule has 0 radical (unpaired) electrons. The van der Waals surface area contributed by atoms with E-state index in [0.717, 1.165) is 5.56 Å². The fourth-order valence-corrected chi connectivity index (χ4v) is 2.54. The van der Waals surface area contributed by atoms with Gasteiger partial charge in [0, 0.05) is 12.8 Å². The van der Waals surface area contributed by atoms with Crippen molar-refractivity contribution in [3.63, 3.8) is 0 Å². The van der Waals surface area contributed by atoms with Crippen LogP contribution in [0.15, 0.2) is 24.3 Å². The van der Waals surface area contributed by atoms with Crippen LogP contribution in [0.4, 0.5) is 0 Å². The van der Waals surface area contributed by atoms with Crippen molar-refractivity contribution in [3.8, 4) is 0 Å². The maximum absolute atomic E-state index is 11.4. The number of rotatable bonds is 2. The fraction of sp³-hybridized carbons (Fsp3) is 0.533. The van der Waals surface area contributed by atoms with Gasteiger partial charge in [0.2, 0.25) is 0 Å². The van der Waals surface area contributed by atoms with E-state index in [9.17, 15) is 9.90 Å². The van der Waals surface area contributed by atoms with E-state index in [1.165, 1.54) is 7.11 Å². The van der Waals surface area contributed by atoms with Crippen LogP contribution in [0.5, 0.6) is 0 Å². The standard InChI is InChI=1S/C15H20O4/c1-15(2)9-12(16)8-13(19-15)10-4-6-11(7-5-10)14(17)18-3/h4-7,12-13,16H,8-9H2,1-3H3/t12-,13+/m0/s1. The number of methoxy groups -OCH3 is 1. The van der Waals surface area contributed by atoms with Gasteiger partial charge in [-0.05, 0) is 31.5 Å². The summed E-state index contributed by atoms with van der Waals surface area (Å²) >= 11 is 0. The van der Waals surface area contributed by atoms with Crippen molar-refractivity contribution in [2.75, 3.05) is 7.11 Å². The predicted octanol–water partition coefficient (Wildman–Crippen LogP) is 2.46. The highest BCUT2D eigenvalue weighted by Crippen LogP contribution is 2.36. The molecule has 0 aromatic heterocycles. The minimum absolute atomic E-state index is 0.134. The Balaban J connectivity index is 2.15. The molecule has 4 nitrogen and oxygen atoms in total. The molecule has 0 unspecified atom stereocenters. The van der Waals surface area contributed by atoms with Gasteiger partial charge in [-0.1, -0.05) is 12.1 Å². The molecular formula is C15H20O4. The summed E-state index contributed by atoms with van der Waals surface area (Å²) in [6, 6.07) is 7.15. The largest absolute Gasteiger partial charge is 0.465 e. The zero-order valence-electron chi connectivity index (χ0n) is 11.6. The maximum atomic E-state index is 11.4. The topological polar surface area (TPSA) is 55.8 Å². The van der Waals surface area contributed by atoms with E-state index in [1.807, 2.05) is 26.0 Å². The van der Waals surface area contributed by atoms with Gasteiger partial charge in [-0.25, -0.2) is 4.79 Å². The van der Waals surface area contributed by atoms with Crippen LogP contribution in [0, 0.1) is 0 Å². The molecule has 0 spiro atoms. The highest BCUT2D eigenvalue weighted by molar-refractivity contribution is 5.89. The lowest BCUT2D eigenvalue weighted by molar-refractivity contribution is -0.146. The first-order valence-corrected chi connectivity index (χ1v) is 6.45. The van der Waals surface area contributed by atoms with Crippen LogP contribution in [-0.2, 0) is 9.47 Å². The molecule has 1 fully saturated rings. The Morgan fingerprint density at radius 1 is 1.37 bits per heavy atom. The average molecular weight is 264 g/mol. The molecule has 1 N–H and O–H groups in total. The van der Waals surface area contributed by atoms with Crippen molar-refractivity contribution in [1.82, 2.24) is 0 Å². The Labute approximate surface area is 113 Å². The zero-order chi connectivity index (χ0) is 14.0. The molecule has 104 valence electrons. The second-order valence-corrected chi connectivity index (χ2v) is 5.57. The molecule has 2 atom stereocenters. The Hall–Kier alpha value is -1.39. The highest BCUT2D eigenvalue weighted by atomic mass is 16.5. The quantitative estimate of drug-likeness (QED) is 0.834. The summed E-state index contributed by atoms with van der Waals surface area (Å²) < 4.78 is 10.6. The van der Waals surface area contributed by atoms with E-state index in [1.54, 1.807) is 12.1 Å². The number of esters is 1. The second-order valence-electron chi connectivity index (χ2n) is 5.57. The molecule has 1 aromatic rings. The van der Waals surface area contributed by atoms with Gasteiger partial charge in [0.05, 0.1) is 30.5 Å². The zero-order valence-corrected chi connectivity index (χ0v) is 11.6. The van der Waals surface area contributed by atoms with Gasteiger partial charge in [-0.15, -0.1) is 0 Å². The van der Waals surface area contributed by atoms with Gasteiger partial charge in [-0.2, -0.15) is 0 Å². The summed E-state index contributed by atoms with van der Waals surface area (Å²) in [7, 11) is 1.36. The number of carbonyl (C=O) groups is 1. The minimum Gasteiger partial charge on any atom is -0.465 e. The molecule has 19 heavy (non-hydrogen) atoms. The fourth-order valence-electron chi connectivity index (χ4n) is 2.54. The number of hydrogen-bond donors (Lipinski definition) is 1. The summed E-state index contributed by atoms with van der Waals surface area (Å²) in [5.74, 6) is -0.350. The van der Waals surface area contributed by atoms with Crippen molar-refractivity contribution in [1.29, 1.82) is 0 Å². The van der Waals surface area contributed by atoms with E-state index in [4.69, 9.17) is 4.74 Å². The van der Waals surface area contributed by atoms with Gasteiger partial charge in [0.1, 0.15) is 0 Å². The van der Waals surface area contributed by atoms with Crippen LogP contribution in [0.25, 0.3) is 0 Å². The van der Waals surface area contributed by atoms with Crippen molar-refractivity contribution in [2.45, 2.75) is 44.5 Å². The first kappa shape index (κ1) is 14.0. The monoisotopic (exact) mass is 264 g/mol. The second kappa shape index (κ2) is 5.31. The molecule has 1 aliphatic heterocycles. The molecule has 1 aromatic carbocycles. The Bertz CT molecular complexity index is 450. The summed E-state index contributed by atoms with van der Waals surface area (Å²) in [6.07, 6.45) is 0.740. The average Bonchev–Trinajstić information content (AvgIpc) is 2.35. The number of aliphatic hydroxyl groups excluding tert-OH is 1. The number of carbonyl (C=O) groups excluding carboxylic acids is 1. The molecular weight excluding hydrogens is 244 g/mol. The predicted molar refractivity (Wildman–Crippen MR) is 70.9 cm³/mol. The van der Waals surface area contributed by atoms with E-state index >= 15 is 0 Å². The molecule has 1 heterocycles. The lowest BCUT2D eigenvalue weighted by Crippen LogP contribution is -2.38. The van der Waals surface area contributed by atoms with Crippen molar-refractivity contribution >= 4 is 5.97 Å². The number of aliphatic hydroxyl groups is 1. The molecule has 0 saturated carbocycles. The van der Waals surface area contributed by atoms with Crippen molar-refractivity contribution in [3.05, 3.63) is 35.4 Å². The summed E-state index contributed by atoms with van der Waals surface area (Å²) in [4.78, 5) is 11.4. The minimum atomic E-state index is -0.353. The number of benzene rings is 1. The molecule has 1 aliphatic rings. The normalized spacial score (nSPS) is 25.9. The van der Waals surface area contributed by atoms with Gasteiger partial charge in [-0.3, -0.25) is 0 Å². The van der Waals surface area contributed by atoms with Crippen LogP contribution in [0.3, 0.4) is 0 Å². The third kappa shape index (κ3) is 3.33. The first-order valence-electron chi connectivity index (χ1n) is 6.45. The summed E-state index contributed by atoms with van der Waals surface area (Å²) in [6.45, 7) is 3.95. The van der Waals surface area contributed by atoms with Gasteiger partial charge < -0.3 is 14.6 Å². The molecule has 0 aliphatic carbocycles. The number of ether oxygens (including phenoxy) is 2. The molecule has 0 bridgehead atoms.